The van der Waals surface area contributed by atoms with Gasteiger partial charge in [0.15, 0.2) is 0 Å². The summed E-state index contributed by atoms with van der Waals surface area (Å²) < 4.78 is 2.39. The number of allylic oxidation sites excluding steroid dienone is 5. The minimum absolute atomic E-state index is 0.350. The van der Waals surface area contributed by atoms with Gasteiger partial charge in [-0.15, -0.1) is 0 Å². The second-order valence-electron chi connectivity index (χ2n) is 15.1. The quantitative estimate of drug-likeness (QED) is 0.182. The van der Waals surface area contributed by atoms with Gasteiger partial charge in [-0.25, -0.2) is 9.97 Å². The minimum atomic E-state index is -0.350. The van der Waals surface area contributed by atoms with Crippen molar-refractivity contribution in [3.05, 3.63) is 209 Å². The van der Waals surface area contributed by atoms with Crippen molar-refractivity contribution in [2.45, 2.75) is 36.0 Å². The molecule has 0 fully saturated rings. The Labute approximate surface area is 324 Å². The van der Waals surface area contributed by atoms with E-state index in [9.17, 15) is 0 Å². The number of fused-ring (bicyclic) bond motifs is 13. The van der Waals surface area contributed by atoms with Gasteiger partial charge in [0.25, 0.3) is 0 Å². The summed E-state index contributed by atoms with van der Waals surface area (Å²) in [5, 5.41) is 2.36. The van der Waals surface area contributed by atoms with Crippen LogP contribution in [0.2, 0.25) is 0 Å². The molecule has 0 radical (unpaired) electrons. The molecule has 12 rings (SSSR count). The topological polar surface area (TPSA) is 30.7 Å². The van der Waals surface area contributed by atoms with E-state index >= 15 is 0 Å². The Morgan fingerprint density at radius 1 is 0.527 bits per heavy atom. The Hall–Kier alpha value is -6.23. The molecular weight excluding hydrogens is 687 g/mol. The average Bonchev–Trinajstić information content (AvgIpc) is 3.75. The number of hydrogen-bond donors (Lipinski definition) is 0. The number of benzene rings is 6. The molecule has 0 amide bonds. The van der Waals surface area contributed by atoms with Crippen LogP contribution in [0.5, 0.6) is 0 Å². The Morgan fingerprint density at radius 2 is 1.16 bits per heavy atom. The molecule has 1 aliphatic heterocycles. The van der Waals surface area contributed by atoms with Gasteiger partial charge in [-0.1, -0.05) is 157 Å². The summed E-state index contributed by atoms with van der Waals surface area (Å²) in [6.07, 6.45) is 8.34. The van der Waals surface area contributed by atoms with E-state index in [0.29, 0.717) is 0 Å². The Morgan fingerprint density at radius 3 is 1.95 bits per heavy atom. The summed E-state index contributed by atoms with van der Waals surface area (Å²) in [6, 6.07) is 55.6. The van der Waals surface area contributed by atoms with Gasteiger partial charge < -0.3 is 0 Å². The first-order chi connectivity index (χ1) is 27.3. The van der Waals surface area contributed by atoms with Crippen LogP contribution in [0.3, 0.4) is 0 Å². The second kappa shape index (κ2) is 11.9. The fourth-order valence-electron chi connectivity index (χ4n) is 10.1. The van der Waals surface area contributed by atoms with Crippen molar-refractivity contribution in [1.29, 1.82) is 0 Å². The molecule has 260 valence electrons. The molecule has 8 aromatic rings. The van der Waals surface area contributed by atoms with Gasteiger partial charge in [-0.3, -0.25) is 4.57 Å². The molecule has 55 heavy (non-hydrogen) atoms. The largest absolute Gasteiger partial charge is 0.282 e. The molecule has 0 N–H and O–H groups in total. The maximum Gasteiger partial charge on any atom is 0.235 e. The maximum absolute atomic E-state index is 5.52. The highest BCUT2D eigenvalue weighted by atomic mass is 32.2. The number of aromatic nitrogens is 3. The normalized spacial score (nSPS) is 16.3. The van der Waals surface area contributed by atoms with Crippen molar-refractivity contribution >= 4 is 49.6 Å². The van der Waals surface area contributed by atoms with Crippen molar-refractivity contribution < 1.29 is 0 Å². The molecule has 0 unspecified atom stereocenters. The van der Waals surface area contributed by atoms with Crippen LogP contribution in [-0.4, -0.2) is 14.5 Å². The van der Waals surface area contributed by atoms with Gasteiger partial charge in [0.05, 0.1) is 22.1 Å². The molecule has 0 bridgehead atoms. The molecule has 4 heteroatoms. The van der Waals surface area contributed by atoms with Gasteiger partial charge >= 0.3 is 0 Å². The Balaban J connectivity index is 1.10. The van der Waals surface area contributed by atoms with Crippen LogP contribution in [-0.2, 0) is 11.8 Å². The molecule has 4 aliphatic rings. The highest BCUT2D eigenvalue weighted by Gasteiger charge is 2.52. The third kappa shape index (κ3) is 4.34. The lowest BCUT2D eigenvalue weighted by atomic mass is 9.64. The summed E-state index contributed by atoms with van der Waals surface area (Å²) in [7, 11) is 0. The first-order valence-electron chi connectivity index (χ1n) is 19.3. The zero-order chi connectivity index (χ0) is 36.1. The van der Waals surface area contributed by atoms with E-state index in [0.717, 1.165) is 53.7 Å². The molecule has 3 heterocycles. The van der Waals surface area contributed by atoms with Crippen LogP contribution in [0.1, 0.15) is 58.5 Å². The van der Waals surface area contributed by atoms with Crippen LogP contribution in [0.15, 0.2) is 174 Å². The molecule has 3 aliphatic carbocycles. The van der Waals surface area contributed by atoms with Crippen molar-refractivity contribution in [2.75, 3.05) is 0 Å². The fourth-order valence-corrected chi connectivity index (χ4v) is 11.5. The van der Waals surface area contributed by atoms with Gasteiger partial charge in [0.1, 0.15) is 0 Å². The molecule has 0 saturated carbocycles. The fraction of sp³-hybridized carbons (Fsp3) is 0.0980. The van der Waals surface area contributed by atoms with E-state index in [1.165, 1.54) is 76.5 Å². The van der Waals surface area contributed by atoms with Crippen LogP contribution >= 0.6 is 11.8 Å². The van der Waals surface area contributed by atoms with E-state index in [-0.39, 0.29) is 5.41 Å². The predicted octanol–water partition coefficient (Wildman–Crippen LogP) is 12.6. The molecule has 3 nitrogen and oxygen atoms in total. The lowest BCUT2D eigenvalue weighted by molar-refractivity contribution is 0.667. The lowest BCUT2D eigenvalue weighted by Crippen LogP contribution is -2.34. The van der Waals surface area contributed by atoms with Crippen molar-refractivity contribution in [3.8, 4) is 17.1 Å². The van der Waals surface area contributed by atoms with Gasteiger partial charge in [0, 0.05) is 31.8 Å². The number of para-hydroxylation sites is 2. The van der Waals surface area contributed by atoms with Crippen LogP contribution in [0.4, 0.5) is 0 Å². The summed E-state index contributed by atoms with van der Waals surface area (Å²) in [5.41, 5.74) is 17.8. The van der Waals surface area contributed by atoms with Crippen LogP contribution in [0.25, 0.3) is 54.9 Å². The third-order valence-electron chi connectivity index (χ3n) is 12.4. The lowest BCUT2D eigenvalue weighted by Gasteiger charge is -2.43. The molecule has 0 saturated heterocycles. The number of rotatable bonds is 3. The summed E-state index contributed by atoms with van der Waals surface area (Å²) in [6.45, 7) is 0. The van der Waals surface area contributed by atoms with Crippen LogP contribution < -0.4 is 0 Å². The van der Waals surface area contributed by atoms with Crippen molar-refractivity contribution in [3.63, 3.8) is 0 Å². The van der Waals surface area contributed by atoms with E-state index < -0.39 is 0 Å². The molecular formula is C51H35N3S. The van der Waals surface area contributed by atoms with Crippen LogP contribution in [0, 0.1) is 0 Å². The molecule has 2 aromatic heterocycles. The molecule has 0 atom stereocenters. The molecule has 1 spiro atoms. The smallest absolute Gasteiger partial charge is 0.235 e. The van der Waals surface area contributed by atoms with Gasteiger partial charge in [-0.05, 0) is 94.0 Å². The number of nitrogens with zero attached hydrogens (tertiary/aromatic N) is 3. The monoisotopic (exact) mass is 721 g/mol. The summed E-state index contributed by atoms with van der Waals surface area (Å²) >= 11 is 1.95. The zero-order valence-corrected chi connectivity index (χ0v) is 31.0. The first-order valence-corrected chi connectivity index (χ1v) is 20.2. The number of thioether (sulfide) groups is 1. The zero-order valence-electron chi connectivity index (χ0n) is 30.2. The average molecular weight is 722 g/mol. The first kappa shape index (κ1) is 31.2. The molecule has 6 aromatic carbocycles. The summed E-state index contributed by atoms with van der Waals surface area (Å²) in [5.74, 6) is 0.751. The van der Waals surface area contributed by atoms with E-state index in [1.807, 2.05) is 11.8 Å². The highest BCUT2D eigenvalue weighted by molar-refractivity contribution is 8.08. The predicted molar refractivity (Wildman–Crippen MR) is 227 cm³/mol. The van der Waals surface area contributed by atoms with Crippen molar-refractivity contribution in [1.82, 2.24) is 14.5 Å². The third-order valence-corrected chi connectivity index (χ3v) is 13.6. The van der Waals surface area contributed by atoms with Crippen molar-refractivity contribution in [2.24, 2.45) is 0 Å². The Kier molecular flexibility index (Phi) is 6.73. The number of hydrogen-bond acceptors (Lipinski definition) is 3. The summed E-state index contributed by atoms with van der Waals surface area (Å²) in [4.78, 5) is 13.6. The van der Waals surface area contributed by atoms with E-state index in [4.69, 9.17) is 9.97 Å². The maximum atomic E-state index is 5.52. The van der Waals surface area contributed by atoms with E-state index in [2.05, 4.69) is 168 Å². The van der Waals surface area contributed by atoms with E-state index in [1.54, 1.807) is 0 Å². The standard InChI is InChI=1S/C51H35N3S/c1-2-14-32(15-3-1)33-26-28-34(29-27-33)48-37-18-6-11-23-43(37)52-50(53-48)54-44-24-12-7-19-38(44)47-45(54)31-30-42-49(47)55-46-25-13-10-22-41(46)51(42)39-20-8-4-16-35(39)36-17-5-9-21-40(36)51/h1-26,28H,27,29-31H2. The SMILES string of the molecule is C1=C(c2ccccc2)CCC(c2nc(-n3c4c(c5ccccc53)C3=C(CC4)C4(c5ccccc5S3)c3ccccc3-c3ccccc34)nc3ccccc23)=C1. The minimum Gasteiger partial charge on any atom is -0.282 e. The van der Waals surface area contributed by atoms with Gasteiger partial charge in [0.2, 0.25) is 5.95 Å². The highest BCUT2D eigenvalue weighted by Crippen LogP contribution is 2.65. The second-order valence-corrected chi connectivity index (χ2v) is 16.1. The van der Waals surface area contributed by atoms with Gasteiger partial charge in [-0.2, -0.15) is 0 Å². The Bertz CT molecular complexity index is 2970.